The van der Waals surface area contributed by atoms with Crippen molar-refractivity contribution in [3.63, 3.8) is 0 Å². The maximum Gasteiger partial charge on any atom is 0.308 e. The summed E-state index contributed by atoms with van der Waals surface area (Å²) in [6.07, 6.45) is 5.19. The fraction of sp³-hybridized carbons (Fsp3) is 0.471. The summed E-state index contributed by atoms with van der Waals surface area (Å²) in [4.78, 5) is 15.6. The molecule has 22 heavy (non-hydrogen) atoms. The predicted molar refractivity (Wildman–Crippen MR) is 84.5 cm³/mol. The van der Waals surface area contributed by atoms with Crippen molar-refractivity contribution in [3.8, 4) is 0 Å². The number of hydrogen-bond donors (Lipinski definition) is 0. The number of nitrogens with zero attached hydrogens (tertiary/aromatic N) is 3. The molecule has 0 aliphatic carbocycles. The predicted octanol–water partition coefficient (Wildman–Crippen LogP) is 2.49. The Morgan fingerprint density at radius 3 is 2.64 bits per heavy atom. The monoisotopic (exact) mass is 301 g/mol. The second-order valence-electron chi connectivity index (χ2n) is 5.61. The molecular weight excluding hydrogens is 278 g/mol. The Labute approximate surface area is 131 Å². The maximum absolute atomic E-state index is 11.6. The van der Waals surface area contributed by atoms with Gasteiger partial charge >= 0.3 is 5.97 Å². The molecule has 0 saturated heterocycles. The molecule has 0 amide bonds. The van der Waals surface area contributed by atoms with Crippen LogP contribution >= 0.6 is 0 Å². The van der Waals surface area contributed by atoms with Gasteiger partial charge in [-0.25, -0.2) is 0 Å². The van der Waals surface area contributed by atoms with Crippen LogP contribution in [0.1, 0.15) is 29.4 Å². The maximum atomic E-state index is 11.6. The van der Waals surface area contributed by atoms with Crippen molar-refractivity contribution in [2.45, 2.75) is 40.2 Å². The van der Waals surface area contributed by atoms with Crippen molar-refractivity contribution < 1.29 is 9.53 Å². The van der Waals surface area contributed by atoms with Crippen LogP contribution in [0.2, 0.25) is 0 Å². The third-order valence-corrected chi connectivity index (χ3v) is 4.01. The smallest absolute Gasteiger partial charge is 0.308 e. The lowest BCUT2D eigenvalue weighted by Gasteiger charge is -2.10. The van der Waals surface area contributed by atoms with Crippen LogP contribution in [0, 0.1) is 19.8 Å². The number of carbonyl (C=O) groups excluding carboxylic acids is 1. The van der Waals surface area contributed by atoms with Crippen LogP contribution in [-0.2, 0) is 28.9 Å². The number of hydrogen-bond acceptors (Lipinski definition) is 4. The molecule has 0 saturated carbocycles. The molecule has 0 aliphatic heterocycles. The number of methoxy groups -OCH3 is 1. The van der Waals surface area contributed by atoms with Gasteiger partial charge in [-0.2, -0.15) is 5.10 Å². The van der Waals surface area contributed by atoms with Crippen molar-refractivity contribution in [2.75, 3.05) is 7.11 Å². The van der Waals surface area contributed by atoms with Gasteiger partial charge < -0.3 is 4.74 Å². The molecule has 2 aromatic rings. The molecule has 0 fully saturated rings. The van der Waals surface area contributed by atoms with Crippen LogP contribution in [0.5, 0.6) is 0 Å². The first kappa shape index (κ1) is 16.2. The SMILES string of the molecule is COC(=O)C(C)Cc1c(C)nn(CCc2ccncc2)c1C. The topological polar surface area (TPSA) is 57.0 Å². The van der Waals surface area contributed by atoms with Crippen molar-refractivity contribution in [3.05, 3.63) is 47.0 Å². The van der Waals surface area contributed by atoms with Gasteiger partial charge in [0.25, 0.3) is 0 Å². The fourth-order valence-electron chi connectivity index (χ4n) is 2.62. The van der Waals surface area contributed by atoms with Crippen molar-refractivity contribution in [2.24, 2.45) is 5.92 Å². The number of pyridine rings is 1. The average molecular weight is 301 g/mol. The lowest BCUT2D eigenvalue weighted by Crippen LogP contribution is -2.16. The number of ether oxygens (including phenoxy) is 1. The van der Waals surface area contributed by atoms with E-state index in [1.807, 2.05) is 30.7 Å². The molecule has 0 bridgehead atoms. The molecule has 0 aliphatic rings. The highest BCUT2D eigenvalue weighted by molar-refractivity contribution is 5.72. The fourth-order valence-corrected chi connectivity index (χ4v) is 2.62. The highest BCUT2D eigenvalue weighted by Gasteiger charge is 2.19. The second-order valence-corrected chi connectivity index (χ2v) is 5.61. The summed E-state index contributed by atoms with van der Waals surface area (Å²) < 4.78 is 6.83. The van der Waals surface area contributed by atoms with E-state index in [9.17, 15) is 4.79 Å². The highest BCUT2D eigenvalue weighted by atomic mass is 16.5. The molecule has 2 rings (SSSR count). The van der Waals surface area contributed by atoms with Gasteiger partial charge in [0.15, 0.2) is 0 Å². The molecule has 2 aromatic heterocycles. The zero-order chi connectivity index (χ0) is 16.1. The lowest BCUT2D eigenvalue weighted by molar-refractivity contribution is -0.144. The highest BCUT2D eigenvalue weighted by Crippen LogP contribution is 2.18. The first-order valence-electron chi connectivity index (χ1n) is 7.52. The minimum atomic E-state index is -0.177. The van der Waals surface area contributed by atoms with E-state index in [1.165, 1.54) is 12.7 Å². The summed E-state index contributed by atoms with van der Waals surface area (Å²) in [6, 6.07) is 4.04. The second kappa shape index (κ2) is 7.20. The molecule has 2 heterocycles. The van der Waals surface area contributed by atoms with Gasteiger partial charge in [0.2, 0.25) is 0 Å². The Balaban J connectivity index is 2.08. The Morgan fingerprint density at radius 1 is 1.32 bits per heavy atom. The summed E-state index contributed by atoms with van der Waals surface area (Å²) in [5.41, 5.74) is 4.50. The van der Waals surface area contributed by atoms with Gasteiger partial charge in [-0.1, -0.05) is 6.92 Å². The normalized spacial score (nSPS) is 12.2. The summed E-state index contributed by atoms with van der Waals surface area (Å²) in [7, 11) is 1.43. The minimum Gasteiger partial charge on any atom is -0.469 e. The van der Waals surface area contributed by atoms with Crippen molar-refractivity contribution in [1.29, 1.82) is 0 Å². The third-order valence-electron chi connectivity index (χ3n) is 4.01. The molecule has 0 aromatic carbocycles. The quantitative estimate of drug-likeness (QED) is 0.769. The molecule has 118 valence electrons. The zero-order valence-corrected chi connectivity index (χ0v) is 13.7. The van der Waals surface area contributed by atoms with Crippen LogP contribution in [0.3, 0.4) is 0 Å². The molecular formula is C17H23N3O2. The molecule has 5 heteroatoms. The molecule has 0 radical (unpaired) electrons. The third kappa shape index (κ3) is 3.72. The van der Waals surface area contributed by atoms with E-state index in [1.54, 1.807) is 12.4 Å². The Bertz CT molecular complexity index is 635. The van der Waals surface area contributed by atoms with Gasteiger partial charge in [-0.05, 0) is 49.9 Å². The van der Waals surface area contributed by atoms with Crippen LogP contribution in [0.4, 0.5) is 0 Å². The van der Waals surface area contributed by atoms with Crippen molar-refractivity contribution >= 4 is 5.97 Å². The van der Waals surface area contributed by atoms with E-state index in [-0.39, 0.29) is 11.9 Å². The number of carbonyl (C=O) groups is 1. The van der Waals surface area contributed by atoms with E-state index in [2.05, 4.69) is 17.0 Å². The van der Waals surface area contributed by atoms with Crippen LogP contribution in [-0.4, -0.2) is 27.8 Å². The first-order valence-corrected chi connectivity index (χ1v) is 7.52. The van der Waals surface area contributed by atoms with E-state index in [4.69, 9.17) is 4.74 Å². The summed E-state index contributed by atoms with van der Waals surface area (Å²) in [5, 5.41) is 4.61. The van der Waals surface area contributed by atoms with Crippen LogP contribution < -0.4 is 0 Å². The Hall–Kier alpha value is -2.17. The van der Waals surface area contributed by atoms with E-state index < -0.39 is 0 Å². The number of aromatic nitrogens is 3. The molecule has 0 N–H and O–H groups in total. The number of aryl methyl sites for hydroxylation is 3. The van der Waals surface area contributed by atoms with E-state index >= 15 is 0 Å². The summed E-state index contributed by atoms with van der Waals surface area (Å²) >= 11 is 0. The molecule has 1 atom stereocenters. The zero-order valence-electron chi connectivity index (χ0n) is 13.7. The van der Waals surface area contributed by atoms with Crippen LogP contribution in [0.15, 0.2) is 24.5 Å². The van der Waals surface area contributed by atoms with E-state index in [0.29, 0.717) is 6.42 Å². The Morgan fingerprint density at radius 2 is 2.00 bits per heavy atom. The largest absolute Gasteiger partial charge is 0.469 e. The molecule has 0 spiro atoms. The standard InChI is InChI=1S/C17H23N3O2/c1-12(17(21)22-4)11-16-13(2)19-20(14(16)3)10-7-15-5-8-18-9-6-15/h5-6,8-9,12H,7,10-11H2,1-4H3. The summed E-state index contributed by atoms with van der Waals surface area (Å²) in [5.74, 6) is -0.330. The van der Waals surface area contributed by atoms with Gasteiger partial charge in [0.1, 0.15) is 0 Å². The molecule has 1 unspecified atom stereocenters. The number of esters is 1. The lowest BCUT2D eigenvalue weighted by atomic mass is 10.00. The number of rotatable bonds is 6. The van der Waals surface area contributed by atoms with Gasteiger partial charge in [-0.15, -0.1) is 0 Å². The van der Waals surface area contributed by atoms with Crippen molar-refractivity contribution in [1.82, 2.24) is 14.8 Å². The minimum absolute atomic E-state index is 0.153. The Kier molecular flexibility index (Phi) is 5.31. The molecule has 5 nitrogen and oxygen atoms in total. The van der Waals surface area contributed by atoms with Gasteiger partial charge in [0, 0.05) is 24.6 Å². The van der Waals surface area contributed by atoms with Gasteiger partial charge in [0.05, 0.1) is 18.7 Å². The first-order chi connectivity index (χ1) is 10.5. The van der Waals surface area contributed by atoms with Crippen LogP contribution in [0.25, 0.3) is 0 Å². The average Bonchev–Trinajstić information content (AvgIpc) is 2.80. The van der Waals surface area contributed by atoms with E-state index in [0.717, 1.165) is 29.9 Å². The van der Waals surface area contributed by atoms with Gasteiger partial charge in [-0.3, -0.25) is 14.5 Å². The summed E-state index contributed by atoms with van der Waals surface area (Å²) in [6.45, 7) is 6.77.